The molecule has 1 aliphatic heterocycles. The third-order valence-corrected chi connectivity index (χ3v) is 3.65. The molecule has 19 heavy (non-hydrogen) atoms. The molecule has 0 aromatic carbocycles. The molecule has 0 aliphatic carbocycles. The zero-order valence-corrected chi connectivity index (χ0v) is 12.0. The monoisotopic (exact) mass is 263 g/mol. The smallest absolute Gasteiger partial charge is 0.250 e. The van der Waals surface area contributed by atoms with Gasteiger partial charge in [-0.05, 0) is 18.4 Å². The molecule has 2 heterocycles. The quantitative estimate of drug-likeness (QED) is 0.866. The highest BCUT2D eigenvalue weighted by Gasteiger charge is 2.19. The van der Waals surface area contributed by atoms with Gasteiger partial charge in [0.05, 0.1) is 0 Å². The zero-order valence-electron chi connectivity index (χ0n) is 12.0. The lowest BCUT2D eigenvalue weighted by Gasteiger charge is -2.34. The van der Waals surface area contributed by atoms with Crippen molar-refractivity contribution in [2.75, 3.05) is 26.2 Å². The molecule has 1 aliphatic rings. The first-order valence-corrected chi connectivity index (χ1v) is 7.26. The number of nitrogens with zero attached hydrogens (tertiary/aromatic N) is 2. The van der Waals surface area contributed by atoms with Crippen LogP contribution >= 0.6 is 0 Å². The summed E-state index contributed by atoms with van der Waals surface area (Å²) >= 11 is 0. The number of nitrogens with one attached hydrogen (secondary N) is 1. The van der Waals surface area contributed by atoms with E-state index >= 15 is 0 Å². The summed E-state index contributed by atoms with van der Waals surface area (Å²) in [6, 6.07) is 5.93. The van der Waals surface area contributed by atoms with Gasteiger partial charge >= 0.3 is 0 Å². The average Bonchev–Trinajstić information content (AvgIpc) is 2.37. The lowest BCUT2D eigenvalue weighted by molar-refractivity contribution is 0.180. The summed E-state index contributed by atoms with van der Waals surface area (Å²) in [5, 5.41) is 3.58. The first-order valence-electron chi connectivity index (χ1n) is 7.26. The molecule has 0 amide bonds. The molecule has 106 valence electrons. The molecular weight excluding hydrogens is 238 g/mol. The van der Waals surface area contributed by atoms with Crippen LogP contribution in [0.15, 0.2) is 29.2 Å². The summed E-state index contributed by atoms with van der Waals surface area (Å²) in [5.74, 6) is 0.731. The third-order valence-electron chi connectivity index (χ3n) is 3.65. The van der Waals surface area contributed by atoms with E-state index in [0.29, 0.717) is 6.04 Å². The lowest BCUT2D eigenvalue weighted by Crippen LogP contribution is -2.51. The maximum absolute atomic E-state index is 11.6. The van der Waals surface area contributed by atoms with Crippen molar-refractivity contribution in [2.45, 2.75) is 32.9 Å². The average molecular weight is 263 g/mol. The van der Waals surface area contributed by atoms with Crippen LogP contribution < -0.4 is 10.9 Å². The summed E-state index contributed by atoms with van der Waals surface area (Å²) in [6.07, 6.45) is 3.10. The first kappa shape index (κ1) is 14.3. The molecule has 1 aromatic rings. The van der Waals surface area contributed by atoms with E-state index in [4.69, 9.17) is 0 Å². The van der Waals surface area contributed by atoms with Gasteiger partial charge in [-0.25, -0.2) is 0 Å². The Labute approximate surface area is 115 Å². The SMILES string of the molecule is CC(C)CC1CN(CCn2ccccc2=O)CCN1. The van der Waals surface area contributed by atoms with E-state index in [2.05, 4.69) is 24.1 Å². The Kier molecular flexibility index (Phi) is 5.16. The molecule has 4 nitrogen and oxygen atoms in total. The van der Waals surface area contributed by atoms with Crippen molar-refractivity contribution < 1.29 is 0 Å². The minimum Gasteiger partial charge on any atom is -0.314 e. The highest BCUT2D eigenvalue weighted by molar-refractivity contribution is 4.93. The van der Waals surface area contributed by atoms with E-state index in [1.807, 2.05) is 12.3 Å². The zero-order chi connectivity index (χ0) is 13.7. The largest absolute Gasteiger partial charge is 0.314 e. The lowest BCUT2D eigenvalue weighted by atomic mass is 10.0. The van der Waals surface area contributed by atoms with E-state index in [-0.39, 0.29) is 5.56 Å². The van der Waals surface area contributed by atoms with Gasteiger partial charge < -0.3 is 9.88 Å². The molecule has 0 radical (unpaired) electrons. The van der Waals surface area contributed by atoms with Crippen molar-refractivity contribution >= 4 is 0 Å². The molecule has 4 heteroatoms. The molecule has 2 rings (SSSR count). The Morgan fingerprint density at radius 1 is 1.37 bits per heavy atom. The molecule has 0 saturated carbocycles. The third kappa shape index (κ3) is 4.48. The first-order chi connectivity index (χ1) is 9.15. The van der Waals surface area contributed by atoms with Crippen LogP contribution in [0.4, 0.5) is 0 Å². The predicted molar refractivity (Wildman–Crippen MR) is 78.4 cm³/mol. The van der Waals surface area contributed by atoms with E-state index in [0.717, 1.165) is 38.6 Å². The Bertz CT molecular complexity index is 441. The van der Waals surface area contributed by atoms with Crippen LogP contribution in [0.25, 0.3) is 0 Å². The summed E-state index contributed by atoms with van der Waals surface area (Å²) in [5.41, 5.74) is 0.0939. The topological polar surface area (TPSA) is 37.3 Å². The second kappa shape index (κ2) is 6.87. The Morgan fingerprint density at radius 2 is 2.21 bits per heavy atom. The van der Waals surface area contributed by atoms with Crippen LogP contribution in [-0.2, 0) is 6.54 Å². The second-order valence-electron chi connectivity index (χ2n) is 5.81. The van der Waals surface area contributed by atoms with Gasteiger partial charge in [0.2, 0.25) is 0 Å². The van der Waals surface area contributed by atoms with Gasteiger partial charge in [0, 0.05) is 51.0 Å². The summed E-state index contributed by atoms with van der Waals surface area (Å²) in [6.45, 7) is 9.51. The number of hydrogen-bond acceptors (Lipinski definition) is 3. The highest BCUT2D eigenvalue weighted by atomic mass is 16.1. The fraction of sp³-hybridized carbons (Fsp3) is 0.667. The molecule has 1 N–H and O–H groups in total. The van der Waals surface area contributed by atoms with Crippen molar-refractivity contribution in [1.29, 1.82) is 0 Å². The fourth-order valence-corrected chi connectivity index (χ4v) is 2.72. The van der Waals surface area contributed by atoms with Crippen molar-refractivity contribution in [3.8, 4) is 0 Å². The van der Waals surface area contributed by atoms with E-state index in [9.17, 15) is 4.79 Å². The van der Waals surface area contributed by atoms with Crippen molar-refractivity contribution in [3.05, 3.63) is 34.7 Å². The highest BCUT2D eigenvalue weighted by Crippen LogP contribution is 2.09. The molecular formula is C15H25N3O. The molecule has 1 atom stereocenters. The van der Waals surface area contributed by atoms with Gasteiger partial charge in [-0.3, -0.25) is 9.69 Å². The van der Waals surface area contributed by atoms with Gasteiger partial charge in [-0.1, -0.05) is 19.9 Å². The maximum Gasteiger partial charge on any atom is 0.250 e. The van der Waals surface area contributed by atoms with Gasteiger partial charge in [-0.15, -0.1) is 0 Å². The molecule has 1 fully saturated rings. The summed E-state index contributed by atoms with van der Waals surface area (Å²) in [7, 11) is 0. The Balaban J connectivity index is 1.83. The van der Waals surface area contributed by atoms with E-state index in [1.165, 1.54) is 6.42 Å². The Morgan fingerprint density at radius 3 is 2.95 bits per heavy atom. The predicted octanol–water partition coefficient (Wildman–Crippen LogP) is 1.17. The van der Waals surface area contributed by atoms with Crippen molar-refractivity contribution in [2.24, 2.45) is 5.92 Å². The molecule has 0 spiro atoms. The van der Waals surface area contributed by atoms with Crippen LogP contribution in [0, 0.1) is 5.92 Å². The van der Waals surface area contributed by atoms with Crippen molar-refractivity contribution in [1.82, 2.24) is 14.8 Å². The fourth-order valence-electron chi connectivity index (χ4n) is 2.72. The number of pyridine rings is 1. The van der Waals surface area contributed by atoms with Crippen LogP contribution in [-0.4, -0.2) is 41.7 Å². The van der Waals surface area contributed by atoms with Gasteiger partial charge in [0.15, 0.2) is 0 Å². The summed E-state index contributed by atoms with van der Waals surface area (Å²) < 4.78 is 1.79. The number of rotatable bonds is 5. The molecule has 1 unspecified atom stereocenters. The number of hydrogen-bond donors (Lipinski definition) is 1. The summed E-state index contributed by atoms with van der Waals surface area (Å²) in [4.78, 5) is 14.1. The minimum absolute atomic E-state index is 0.0939. The maximum atomic E-state index is 11.6. The molecule has 0 bridgehead atoms. The molecule has 1 aromatic heterocycles. The van der Waals surface area contributed by atoms with Gasteiger partial charge in [0.1, 0.15) is 0 Å². The number of piperazine rings is 1. The van der Waals surface area contributed by atoms with Gasteiger partial charge in [-0.2, -0.15) is 0 Å². The normalized spacial score (nSPS) is 20.9. The van der Waals surface area contributed by atoms with Crippen LogP contribution in [0.3, 0.4) is 0 Å². The van der Waals surface area contributed by atoms with E-state index < -0.39 is 0 Å². The number of aromatic nitrogens is 1. The Hall–Kier alpha value is -1.13. The van der Waals surface area contributed by atoms with Crippen LogP contribution in [0.2, 0.25) is 0 Å². The van der Waals surface area contributed by atoms with Crippen molar-refractivity contribution in [3.63, 3.8) is 0 Å². The standard InChI is InChI=1S/C15H25N3O/c1-13(2)11-14-12-17(8-6-16-14)9-10-18-7-4-3-5-15(18)19/h3-5,7,13-14,16H,6,8-12H2,1-2H3. The van der Waals surface area contributed by atoms with Crippen LogP contribution in [0.5, 0.6) is 0 Å². The minimum atomic E-state index is 0.0939. The van der Waals surface area contributed by atoms with E-state index in [1.54, 1.807) is 16.7 Å². The second-order valence-corrected chi connectivity index (χ2v) is 5.81. The molecule has 1 saturated heterocycles. The van der Waals surface area contributed by atoms with Gasteiger partial charge in [0.25, 0.3) is 5.56 Å². The van der Waals surface area contributed by atoms with Crippen LogP contribution in [0.1, 0.15) is 20.3 Å².